The van der Waals surface area contributed by atoms with Crippen LogP contribution < -0.4 is 9.47 Å². The Balaban J connectivity index is 1.67. The maximum Gasteiger partial charge on any atom is 0.216 e. The third kappa shape index (κ3) is 2.65. The monoisotopic (exact) mass is 318 g/mol. The summed E-state index contributed by atoms with van der Waals surface area (Å²) in [6, 6.07) is 15.1. The van der Waals surface area contributed by atoms with Gasteiger partial charge in [-0.2, -0.15) is 5.10 Å². The van der Waals surface area contributed by atoms with Crippen LogP contribution in [0.4, 0.5) is 0 Å². The molecule has 6 nitrogen and oxygen atoms in total. The molecule has 0 atom stereocenters. The van der Waals surface area contributed by atoms with Crippen molar-refractivity contribution in [1.82, 2.24) is 19.7 Å². The average molecular weight is 318 g/mol. The molecule has 0 amide bonds. The van der Waals surface area contributed by atoms with Crippen LogP contribution in [0, 0.1) is 0 Å². The molecule has 118 valence electrons. The summed E-state index contributed by atoms with van der Waals surface area (Å²) in [5.74, 6) is 2.67. The molecule has 1 aromatic carbocycles. The number of hydrogen-bond acceptors (Lipinski definition) is 5. The normalized spacial score (nSPS) is 10.7. The second-order valence-electron chi connectivity index (χ2n) is 5.10. The van der Waals surface area contributed by atoms with E-state index < -0.39 is 0 Å². The van der Waals surface area contributed by atoms with Crippen molar-refractivity contribution in [3.63, 3.8) is 0 Å². The molecule has 4 aromatic rings. The van der Waals surface area contributed by atoms with Crippen molar-refractivity contribution in [2.75, 3.05) is 7.11 Å². The lowest BCUT2D eigenvalue weighted by atomic mass is 10.2. The fourth-order valence-electron chi connectivity index (χ4n) is 2.44. The quantitative estimate of drug-likeness (QED) is 0.575. The standard InChI is InChI=1S/C18H14N4O2/c1-23-18-11-15(7-9-20-18)24-14-5-6-16-13(10-14)12-21-22(16)17-4-2-3-8-19-17/h2-12H,1H3. The number of rotatable bonds is 4. The molecular formula is C18H14N4O2. The van der Waals surface area contributed by atoms with Gasteiger partial charge in [-0.05, 0) is 36.4 Å². The van der Waals surface area contributed by atoms with E-state index in [9.17, 15) is 0 Å². The molecule has 0 aliphatic carbocycles. The van der Waals surface area contributed by atoms with E-state index in [0.717, 1.165) is 22.5 Å². The minimum atomic E-state index is 0.511. The Hall–Kier alpha value is -3.41. The van der Waals surface area contributed by atoms with E-state index in [1.165, 1.54) is 0 Å². The zero-order chi connectivity index (χ0) is 16.4. The molecule has 0 radical (unpaired) electrons. The van der Waals surface area contributed by atoms with Gasteiger partial charge >= 0.3 is 0 Å². The van der Waals surface area contributed by atoms with Crippen LogP contribution in [0.2, 0.25) is 0 Å². The number of benzene rings is 1. The van der Waals surface area contributed by atoms with Crippen molar-refractivity contribution in [2.24, 2.45) is 0 Å². The molecule has 24 heavy (non-hydrogen) atoms. The Morgan fingerprint density at radius 2 is 1.83 bits per heavy atom. The molecule has 0 bridgehead atoms. The van der Waals surface area contributed by atoms with Crippen molar-refractivity contribution in [3.05, 3.63) is 67.1 Å². The van der Waals surface area contributed by atoms with Crippen molar-refractivity contribution in [3.8, 4) is 23.2 Å². The zero-order valence-electron chi connectivity index (χ0n) is 13.0. The number of pyridine rings is 2. The fourth-order valence-corrected chi connectivity index (χ4v) is 2.44. The van der Waals surface area contributed by atoms with Crippen LogP contribution in [-0.2, 0) is 0 Å². The molecule has 0 saturated carbocycles. The van der Waals surface area contributed by atoms with Gasteiger partial charge in [0.1, 0.15) is 11.5 Å². The van der Waals surface area contributed by atoms with E-state index in [0.29, 0.717) is 11.6 Å². The number of methoxy groups -OCH3 is 1. The zero-order valence-corrected chi connectivity index (χ0v) is 13.0. The lowest BCUT2D eigenvalue weighted by molar-refractivity contribution is 0.392. The Morgan fingerprint density at radius 3 is 2.67 bits per heavy atom. The van der Waals surface area contributed by atoms with Gasteiger partial charge in [0.05, 0.1) is 18.8 Å². The van der Waals surface area contributed by atoms with E-state index in [1.54, 1.807) is 42.5 Å². The highest BCUT2D eigenvalue weighted by molar-refractivity contribution is 5.81. The van der Waals surface area contributed by atoms with Gasteiger partial charge in [-0.15, -0.1) is 0 Å². The maximum absolute atomic E-state index is 5.87. The molecule has 0 fully saturated rings. The first kappa shape index (κ1) is 14.2. The average Bonchev–Trinajstić information content (AvgIpc) is 3.06. The van der Waals surface area contributed by atoms with Crippen LogP contribution in [0.15, 0.2) is 67.1 Å². The van der Waals surface area contributed by atoms with Crippen molar-refractivity contribution in [2.45, 2.75) is 0 Å². The van der Waals surface area contributed by atoms with Gasteiger partial charge in [-0.25, -0.2) is 14.6 Å². The number of aromatic nitrogens is 4. The molecule has 3 aromatic heterocycles. The van der Waals surface area contributed by atoms with Crippen LogP contribution in [-0.4, -0.2) is 26.9 Å². The summed E-state index contributed by atoms with van der Waals surface area (Å²) in [6.07, 6.45) is 5.19. The van der Waals surface area contributed by atoms with Gasteiger partial charge in [0, 0.05) is 23.8 Å². The smallest absolute Gasteiger partial charge is 0.216 e. The summed E-state index contributed by atoms with van der Waals surface area (Å²) in [6.45, 7) is 0. The van der Waals surface area contributed by atoms with E-state index in [2.05, 4.69) is 15.1 Å². The molecule has 0 aliphatic heterocycles. The van der Waals surface area contributed by atoms with E-state index in [4.69, 9.17) is 9.47 Å². The molecule has 0 spiro atoms. The molecule has 4 rings (SSSR count). The second kappa shape index (κ2) is 6.00. The minimum Gasteiger partial charge on any atom is -0.481 e. The Labute approximate surface area is 138 Å². The maximum atomic E-state index is 5.87. The third-order valence-electron chi connectivity index (χ3n) is 3.56. The van der Waals surface area contributed by atoms with E-state index in [-0.39, 0.29) is 0 Å². The number of fused-ring (bicyclic) bond motifs is 1. The number of nitrogens with zero attached hydrogens (tertiary/aromatic N) is 4. The summed E-state index contributed by atoms with van der Waals surface area (Å²) in [5.41, 5.74) is 0.966. The van der Waals surface area contributed by atoms with E-state index >= 15 is 0 Å². The summed E-state index contributed by atoms with van der Waals surface area (Å²) < 4.78 is 12.8. The second-order valence-corrected chi connectivity index (χ2v) is 5.10. The lowest BCUT2D eigenvalue weighted by Gasteiger charge is -2.07. The fraction of sp³-hybridized carbons (Fsp3) is 0.0556. The van der Waals surface area contributed by atoms with Crippen LogP contribution in [0.5, 0.6) is 17.4 Å². The summed E-state index contributed by atoms with van der Waals surface area (Å²) in [5, 5.41) is 5.38. The molecule has 3 heterocycles. The molecular weight excluding hydrogens is 304 g/mol. The first-order valence-electron chi connectivity index (χ1n) is 7.40. The predicted molar refractivity (Wildman–Crippen MR) is 89.7 cm³/mol. The first-order valence-corrected chi connectivity index (χ1v) is 7.40. The van der Waals surface area contributed by atoms with Crippen molar-refractivity contribution >= 4 is 10.9 Å². The van der Waals surface area contributed by atoms with Gasteiger partial charge < -0.3 is 9.47 Å². The van der Waals surface area contributed by atoms with Gasteiger partial charge in [-0.3, -0.25) is 0 Å². The van der Waals surface area contributed by atoms with Gasteiger partial charge in [-0.1, -0.05) is 6.07 Å². The number of hydrogen-bond donors (Lipinski definition) is 0. The Kier molecular flexibility index (Phi) is 3.55. The highest BCUT2D eigenvalue weighted by atomic mass is 16.5. The van der Waals surface area contributed by atoms with Crippen LogP contribution in [0.3, 0.4) is 0 Å². The number of ether oxygens (including phenoxy) is 2. The SMILES string of the molecule is COc1cc(Oc2ccc3c(cnn3-c3ccccn3)c2)ccn1. The molecule has 0 saturated heterocycles. The highest BCUT2D eigenvalue weighted by Gasteiger charge is 2.07. The van der Waals surface area contributed by atoms with Crippen LogP contribution >= 0.6 is 0 Å². The highest BCUT2D eigenvalue weighted by Crippen LogP contribution is 2.27. The minimum absolute atomic E-state index is 0.511. The predicted octanol–water partition coefficient (Wildman–Crippen LogP) is 3.62. The third-order valence-corrected chi connectivity index (χ3v) is 3.56. The van der Waals surface area contributed by atoms with Gasteiger partial charge in [0.25, 0.3) is 0 Å². The van der Waals surface area contributed by atoms with Gasteiger partial charge in [0.15, 0.2) is 5.82 Å². The van der Waals surface area contributed by atoms with Crippen LogP contribution in [0.1, 0.15) is 0 Å². The molecule has 0 aliphatic rings. The Bertz CT molecular complexity index is 983. The molecule has 6 heteroatoms. The Morgan fingerprint density at radius 1 is 0.917 bits per heavy atom. The molecule has 0 N–H and O–H groups in total. The van der Waals surface area contributed by atoms with E-state index in [1.807, 2.05) is 36.4 Å². The van der Waals surface area contributed by atoms with Crippen molar-refractivity contribution in [1.29, 1.82) is 0 Å². The molecule has 0 unspecified atom stereocenters. The largest absolute Gasteiger partial charge is 0.481 e. The topological polar surface area (TPSA) is 62.1 Å². The lowest BCUT2D eigenvalue weighted by Crippen LogP contribution is -1.98. The summed E-state index contributed by atoms with van der Waals surface area (Å²) in [7, 11) is 1.57. The summed E-state index contributed by atoms with van der Waals surface area (Å²) >= 11 is 0. The summed E-state index contributed by atoms with van der Waals surface area (Å²) in [4.78, 5) is 8.39. The van der Waals surface area contributed by atoms with Crippen molar-refractivity contribution < 1.29 is 9.47 Å². The van der Waals surface area contributed by atoms with Gasteiger partial charge in [0.2, 0.25) is 5.88 Å². The van der Waals surface area contributed by atoms with Crippen LogP contribution in [0.25, 0.3) is 16.7 Å². The first-order chi connectivity index (χ1) is 11.8.